The van der Waals surface area contributed by atoms with Crippen LogP contribution in [0, 0.1) is 5.82 Å². The molecule has 0 spiro atoms. The fourth-order valence-corrected chi connectivity index (χ4v) is 3.95. The minimum absolute atomic E-state index is 0.161. The third kappa shape index (κ3) is 5.82. The number of benzene rings is 4. The van der Waals surface area contributed by atoms with Gasteiger partial charge < -0.3 is 9.84 Å². The highest BCUT2D eigenvalue weighted by atomic mass is 79.9. The minimum atomic E-state index is -1.94. The van der Waals surface area contributed by atoms with Crippen molar-refractivity contribution in [2.24, 2.45) is 5.10 Å². The highest BCUT2D eigenvalue weighted by Gasteiger charge is 2.39. The van der Waals surface area contributed by atoms with Crippen molar-refractivity contribution in [1.29, 1.82) is 0 Å². The number of rotatable bonds is 8. The monoisotopic (exact) mass is 532 g/mol. The predicted octanol–water partition coefficient (Wildman–Crippen LogP) is 5.55. The molecule has 0 aliphatic rings. The zero-order valence-electron chi connectivity index (χ0n) is 18.6. The molecule has 176 valence electrons. The Morgan fingerprint density at radius 1 is 0.943 bits per heavy atom. The molecule has 0 unspecified atom stereocenters. The van der Waals surface area contributed by atoms with Crippen molar-refractivity contribution in [2.75, 3.05) is 0 Å². The van der Waals surface area contributed by atoms with Crippen LogP contribution >= 0.6 is 15.9 Å². The van der Waals surface area contributed by atoms with E-state index in [0.717, 1.165) is 4.47 Å². The van der Waals surface area contributed by atoms with Crippen LogP contribution in [-0.2, 0) is 17.0 Å². The smallest absolute Gasteiger partial charge is 0.281 e. The molecule has 0 fully saturated rings. The molecular formula is C28H22BrFN2O3. The first-order valence-electron chi connectivity index (χ1n) is 10.8. The van der Waals surface area contributed by atoms with Gasteiger partial charge in [-0.3, -0.25) is 4.79 Å². The zero-order chi connectivity index (χ0) is 24.7. The summed E-state index contributed by atoms with van der Waals surface area (Å²) in [5.41, 5.74) is 2.62. The molecule has 7 heteroatoms. The van der Waals surface area contributed by atoms with Gasteiger partial charge in [-0.1, -0.05) is 88.7 Å². The van der Waals surface area contributed by atoms with Crippen molar-refractivity contribution in [3.63, 3.8) is 0 Å². The molecule has 4 aromatic carbocycles. The number of ether oxygens (including phenoxy) is 1. The maximum Gasteiger partial charge on any atom is 0.281 e. The lowest BCUT2D eigenvalue weighted by molar-refractivity contribution is -0.136. The third-order valence-corrected chi connectivity index (χ3v) is 5.83. The van der Waals surface area contributed by atoms with Crippen LogP contribution in [-0.4, -0.2) is 17.2 Å². The highest BCUT2D eigenvalue weighted by molar-refractivity contribution is 9.10. The number of nitrogens with zero attached hydrogens (tertiary/aromatic N) is 1. The van der Waals surface area contributed by atoms with E-state index in [9.17, 15) is 14.3 Å². The molecule has 1 amide bonds. The second-order valence-corrected chi connectivity index (χ2v) is 8.66. The number of hydrazone groups is 1. The van der Waals surface area contributed by atoms with Gasteiger partial charge >= 0.3 is 0 Å². The molecule has 0 bridgehead atoms. The van der Waals surface area contributed by atoms with Crippen LogP contribution in [0.3, 0.4) is 0 Å². The summed E-state index contributed by atoms with van der Waals surface area (Å²) in [5.74, 6) is -0.545. The Bertz CT molecular complexity index is 1290. The fourth-order valence-electron chi connectivity index (χ4n) is 3.57. The lowest BCUT2D eigenvalue weighted by atomic mass is 9.85. The van der Waals surface area contributed by atoms with Crippen molar-refractivity contribution in [1.82, 2.24) is 5.43 Å². The Balaban J connectivity index is 1.55. The summed E-state index contributed by atoms with van der Waals surface area (Å²) in [4.78, 5) is 13.2. The number of hydrogen-bond donors (Lipinski definition) is 2. The van der Waals surface area contributed by atoms with E-state index >= 15 is 0 Å². The van der Waals surface area contributed by atoms with Crippen LogP contribution in [0.25, 0.3) is 0 Å². The second-order valence-electron chi connectivity index (χ2n) is 7.74. The van der Waals surface area contributed by atoms with Gasteiger partial charge in [0.25, 0.3) is 5.91 Å². The molecule has 35 heavy (non-hydrogen) atoms. The molecule has 0 heterocycles. The number of hydrogen-bond acceptors (Lipinski definition) is 4. The van der Waals surface area contributed by atoms with Gasteiger partial charge in [-0.05, 0) is 47.0 Å². The SMILES string of the molecule is O=C(N/N=C\c1cc(Br)ccc1OCc1cccc(F)c1)C(O)(c1ccccc1)c1ccccc1. The van der Waals surface area contributed by atoms with E-state index in [0.29, 0.717) is 28.0 Å². The molecule has 4 aromatic rings. The van der Waals surface area contributed by atoms with E-state index in [-0.39, 0.29) is 12.4 Å². The average molecular weight is 533 g/mol. The quantitative estimate of drug-likeness (QED) is 0.231. The van der Waals surface area contributed by atoms with Gasteiger partial charge in [-0.25, -0.2) is 9.82 Å². The molecule has 0 atom stereocenters. The Morgan fingerprint density at radius 3 is 2.23 bits per heavy atom. The van der Waals surface area contributed by atoms with Gasteiger partial charge in [0.15, 0.2) is 5.60 Å². The Morgan fingerprint density at radius 2 is 1.60 bits per heavy atom. The molecule has 5 nitrogen and oxygen atoms in total. The van der Waals surface area contributed by atoms with Gasteiger partial charge in [0.05, 0.1) is 6.21 Å². The summed E-state index contributed by atoms with van der Waals surface area (Å²) >= 11 is 3.42. The van der Waals surface area contributed by atoms with E-state index in [4.69, 9.17) is 4.74 Å². The Kier molecular flexibility index (Phi) is 7.70. The number of amides is 1. The van der Waals surface area contributed by atoms with Crippen molar-refractivity contribution in [2.45, 2.75) is 12.2 Å². The third-order valence-electron chi connectivity index (χ3n) is 5.34. The lowest BCUT2D eigenvalue weighted by Gasteiger charge is -2.27. The first-order chi connectivity index (χ1) is 17.0. The number of carbonyl (C=O) groups excluding carboxylic acids is 1. The van der Waals surface area contributed by atoms with Crippen LogP contribution in [0.2, 0.25) is 0 Å². The molecule has 0 aromatic heterocycles. The van der Waals surface area contributed by atoms with Crippen LogP contribution in [0.5, 0.6) is 5.75 Å². The molecule has 4 rings (SSSR count). The Hall–Kier alpha value is -3.81. The van der Waals surface area contributed by atoms with E-state index in [1.165, 1.54) is 18.3 Å². The summed E-state index contributed by atoms with van der Waals surface area (Å²) in [5, 5.41) is 15.6. The summed E-state index contributed by atoms with van der Waals surface area (Å²) < 4.78 is 20.1. The van der Waals surface area contributed by atoms with Gasteiger partial charge in [0.1, 0.15) is 18.2 Å². The maximum absolute atomic E-state index is 13.5. The van der Waals surface area contributed by atoms with Crippen LogP contribution in [0.4, 0.5) is 4.39 Å². The summed E-state index contributed by atoms with van der Waals surface area (Å²) in [7, 11) is 0. The molecule has 2 N–H and O–H groups in total. The fraction of sp³-hybridized carbons (Fsp3) is 0.0714. The van der Waals surface area contributed by atoms with E-state index in [1.807, 2.05) is 12.1 Å². The molecular weight excluding hydrogens is 511 g/mol. The van der Waals surface area contributed by atoms with Gasteiger partial charge in [-0.15, -0.1) is 0 Å². The van der Waals surface area contributed by atoms with Crippen LogP contribution in [0.1, 0.15) is 22.3 Å². The van der Waals surface area contributed by atoms with Crippen LogP contribution < -0.4 is 10.2 Å². The second kappa shape index (κ2) is 11.1. The molecule has 0 aliphatic carbocycles. The normalized spacial score (nSPS) is 11.4. The van der Waals surface area contributed by atoms with Crippen molar-refractivity contribution in [3.05, 3.63) is 136 Å². The highest BCUT2D eigenvalue weighted by Crippen LogP contribution is 2.30. The lowest BCUT2D eigenvalue weighted by Crippen LogP contribution is -2.43. The molecule has 0 saturated carbocycles. The topological polar surface area (TPSA) is 70.9 Å². The summed E-state index contributed by atoms with van der Waals surface area (Å²) in [6, 6.07) is 28.9. The van der Waals surface area contributed by atoms with Gasteiger partial charge in [0, 0.05) is 10.0 Å². The predicted molar refractivity (Wildman–Crippen MR) is 136 cm³/mol. The van der Waals surface area contributed by atoms with E-state index in [2.05, 4.69) is 26.5 Å². The van der Waals surface area contributed by atoms with Crippen molar-refractivity contribution in [3.8, 4) is 5.75 Å². The largest absolute Gasteiger partial charge is 0.488 e. The zero-order valence-corrected chi connectivity index (χ0v) is 20.2. The number of nitrogens with one attached hydrogen (secondary N) is 1. The molecule has 0 aliphatic heterocycles. The van der Waals surface area contributed by atoms with Crippen molar-refractivity contribution >= 4 is 28.1 Å². The maximum atomic E-state index is 13.5. The van der Waals surface area contributed by atoms with E-state index < -0.39 is 11.5 Å². The minimum Gasteiger partial charge on any atom is -0.488 e. The first-order valence-corrected chi connectivity index (χ1v) is 11.6. The average Bonchev–Trinajstić information content (AvgIpc) is 2.88. The first kappa shape index (κ1) is 24.3. The summed E-state index contributed by atoms with van der Waals surface area (Å²) in [6.45, 7) is 0.161. The number of halogens is 2. The van der Waals surface area contributed by atoms with Crippen molar-refractivity contribution < 1.29 is 19.0 Å². The van der Waals surface area contributed by atoms with E-state index in [1.54, 1.807) is 78.9 Å². The molecule has 0 radical (unpaired) electrons. The van der Waals surface area contributed by atoms with Gasteiger partial charge in [-0.2, -0.15) is 5.10 Å². The summed E-state index contributed by atoms with van der Waals surface area (Å²) in [6.07, 6.45) is 1.43. The number of aliphatic hydroxyl groups is 1. The molecule has 0 saturated heterocycles. The van der Waals surface area contributed by atoms with Crippen LogP contribution in [0.15, 0.2) is 113 Å². The standard InChI is InChI=1S/C28H22BrFN2O3/c29-24-14-15-26(35-19-20-8-7-13-25(30)16-20)21(17-24)18-31-32-27(33)28(34,22-9-3-1-4-10-22)23-11-5-2-6-12-23/h1-18,34H,19H2,(H,32,33)/b31-18-. The Labute approximate surface area is 211 Å². The number of carbonyl (C=O) groups is 1. The van der Waals surface area contributed by atoms with Gasteiger partial charge in [0.2, 0.25) is 0 Å².